The van der Waals surface area contributed by atoms with E-state index in [0.29, 0.717) is 19.4 Å². The zero-order chi connectivity index (χ0) is 22.6. The van der Waals surface area contributed by atoms with Crippen molar-refractivity contribution in [2.24, 2.45) is 0 Å². The van der Waals surface area contributed by atoms with Gasteiger partial charge in [0.2, 0.25) is 11.8 Å². The van der Waals surface area contributed by atoms with Gasteiger partial charge in [-0.2, -0.15) is 5.01 Å². The molecule has 1 spiro atoms. The molecular weight excluding hydrogens is 398 g/mol. The van der Waals surface area contributed by atoms with Crippen molar-refractivity contribution in [1.29, 1.82) is 0 Å². The summed E-state index contributed by atoms with van der Waals surface area (Å²) in [7, 11) is 1.74. The van der Waals surface area contributed by atoms with Gasteiger partial charge in [-0.3, -0.25) is 24.7 Å². The fourth-order valence-corrected chi connectivity index (χ4v) is 4.09. The number of imide groups is 1. The second-order valence-corrected chi connectivity index (χ2v) is 8.53. The van der Waals surface area contributed by atoms with Gasteiger partial charge in [-0.15, -0.1) is 0 Å². The van der Waals surface area contributed by atoms with Gasteiger partial charge >= 0.3 is 6.03 Å². The second kappa shape index (κ2) is 9.47. The largest absolute Gasteiger partial charge is 0.344 e. The topological polar surface area (TPSA) is 111 Å². The zero-order valence-corrected chi connectivity index (χ0v) is 18.4. The van der Waals surface area contributed by atoms with E-state index in [2.05, 4.69) is 16.1 Å². The Bertz CT molecular complexity index is 879. The first-order valence-electron chi connectivity index (χ1n) is 10.7. The maximum atomic E-state index is 12.7. The Balaban J connectivity index is 1.45. The van der Waals surface area contributed by atoms with Crippen LogP contribution in [0.1, 0.15) is 49.7 Å². The molecule has 1 aromatic rings. The number of carbonyl (C=O) groups excluding carboxylic acids is 4. The molecule has 1 heterocycles. The number of hydrogen-bond acceptors (Lipinski definition) is 5. The number of anilines is 1. The average Bonchev–Trinajstić information content (AvgIpc) is 2.94. The minimum atomic E-state index is -0.870. The van der Waals surface area contributed by atoms with E-state index in [0.717, 1.165) is 41.1 Å². The number of aryl methyl sites for hydroxylation is 1. The molecule has 3 N–H and O–H groups in total. The standard InChI is InChI=1S/C22H31N5O4/c1-15-8-7-9-17(16(15)2)23-19(29)14-26(3)13-10-18(28)25-27-20(30)22(24-21(27)31)11-5-4-6-12-22/h7-9H,4-6,10-14H2,1-3H3,(H,23,29)(H,24,31)(H,25,28). The van der Waals surface area contributed by atoms with Crippen LogP contribution in [0, 0.1) is 13.8 Å². The van der Waals surface area contributed by atoms with Gasteiger partial charge in [0.25, 0.3) is 5.91 Å². The summed E-state index contributed by atoms with van der Waals surface area (Å²) < 4.78 is 0. The number of nitrogens with one attached hydrogen (secondary N) is 3. The van der Waals surface area contributed by atoms with Crippen LogP contribution in [0.25, 0.3) is 0 Å². The van der Waals surface area contributed by atoms with Gasteiger partial charge in [-0.25, -0.2) is 4.79 Å². The van der Waals surface area contributed by atoms with E-state index in [1.165, 1.54) is 0 Å². The Labute approximate surface area is 182 Å². The van der Waals surface area contributed by atoms with E-state index < -0.39 is 17.5 Å². The highest BCUT2D eigenvalue weighted by atomic mass is 16.2. The molecule has 0 bridgehead atoms. The third-order valence-electron chi connectivity index (χ3n) is 6.12. The fraction of sp³-hybridized carbons (Fsp3) is 0.545. The van der Waals surface area contributed by atoms with Crippen molar-refractivity contribution >= 4 is 29.4 Å². The third-order valence-corrected chi connectivity index (χ3v) is 6.12. The number of benzene rings is 1. The minimum absolute atomic E-state index is 0.0529. The van der Waals surface area contributed by atoms with Crippen LogP contribution in [0.2, 0.25) is 0 Å². The molecule has 0 radical (unpaired) electrons. The first-order chi connectivity index (χ1) is 14.7. The van der Waals surface area contributed by atoms with Crippen LogP contribution in [0.4, 0.5) is 10.5 Å². The van der Waals surface area contributed by atoms with Crippen LogP contribution in [0.3, 0.4) is 0 Å². The van der Waals surface area contributed by atoms with Crippen molar-refractivity contribution < 1.29 is 19.2 Å². The van der Waals surface area contributed by atoms with Crippen LogP contribution in [0.15, 0.2) is 18.2 Å². The van der Waals surface area contributed by atoms with Crippen molar-refractivity contribution in [3.63, 3.8) is 0 Å². The molecule has 1 aromatic carbocycles. The molecule has 9 heteroatoms. The molecule has 2 fully saturated rings. The normalized spacial score (nSPS) is 17.7. The molecule has 1 saturated carbocycles. The number of rotatable bonds is 7. The molecule has 0 unspecified atom stereocenters. The minimum Gasteiger partial charge on any atom is -0.325 e. The van der Waals surface area contributed by atoms with Gasteiger partial charge in [0.05, 0.1) is 6.54 Å². The molecule has 168 valence electrons. The lowest BCUT2D eigenvalue weighted by Gasteiger charge is -2.30. The van der Waals surface area contributed by atoms with Crippen LogP contribution in [-0.4, -0.2) is 59.3 Å². The summed E-state index contributed by atoms with van der Waals surface area (Å²) in [6.45, 7) is 4.36. The summed E-state index contributed by atoms with van der Waals surface area (Å²) in [5.74, 6) is -1.00. The van der Waals surface area contributed by atoms with Gasteiger partial charge in [-0.05, 0) is 50.9 Å². The highest BCUT2D eigenvalue weighted by Crippen LogP contribution is 2.33. The Morgan fingerprint density at radius 2 is 1.84 bits per heavy atom. The van der Waals surface area contributed by atoms with Crippen molar-refractivity contribution in [3.05, 3.63) is 29.3 Å². The monoisotopic (exact) mass is 429 g/mol. The summed E-state index contributed by atoms with van der Waals surface area (Å²) in [5.41, 5.74) is 4.43. The number of nitrogens with zero attached hydrogens (tertiary/aromatic N) is 2. The Morgan fingerprint density at radius 3 is 2.55 bits per heavy atom. The zero-order valence-electron chi connectivity index (χ0n) is 18.4. The van der Waals surface area contributed by atoms with Crippen LogP contribution < -0.4 is 16.1 Å². The van der Waals surface area contributed by atoms with E-state index >= 15 is 0 Å². The van der Waals surface area contributed by atoms with E-state index in [1.807, 2.05) is 32.0 Å². The lowest BCUT2D eigenvalue weighted by atomic mass is 9.82. The number of urea groups is 1. The first-order valence-corrected chi connectivity index (χ1v) is 10.7. The molecule has 3 rings (SSSR count). The first kappa shape index (κ1) is 22.7. The molecule has 2 aliphatic rings. The van der Waals surface area contributed by atoms with Crippen molar-refractivity contribution in [3.8, 4) is 0 Å². The summed E-state index contributed by atoms with van der Waals surface area (Å²) in [6.07, 6.45) is 4.05. The highest BCUT2D eigenvalue weighted by molar-refractivity contribution is 6.08. The smallest absolute Gasteiger partial charge is 0.325 e. The average molecular weight is 430 g/mol. The van der Waals surface area contributed by atoms with Crippen LogP contribution in [0.5, 0.6) is 0 Å². The summed E-state index contributed by atoms with van der Waals surface area (Å²) in [5, 5.41) is 6.45. The van der Waals surface area contributed by atoms with Gasteiger partial charge in [0.1, 0.15) is 5.54 Å². The highest BCUT2D eigenvalue weighted by Gasteiger charge is 2.52. The molecule has 1 aliphatic heterocycles. The molecular formula is C22H31N5O4. The fourth-order valence-electron chi connectivity index (χ4n) is 4.09. The molecule has 0 aromatic heterocycles. The van der Waals surface area contributed by atoms with Gasteiger partial charge in [0.15, 0.2) is 0 Å². The number of hydrogen-bond donors (Lipinski definition) is 3. The number of carbonyl (C=O) groups is 4. The molecule has 9 nitrogen and oxygen atoms in total. The number of amides is 5. The van der Waals surface area contributed by atoms with Crippen molar-refractivity contribution in [2.75, 3.05) is 25.5 Å². The summed E-state index contributed by atoms with van der Waals surface area (Å²) in [4.78, 5) is 51.3. The van der Waals surface area contributed by atoms with E-state index in [-0.39, 0.29) is 24.8 Å². The third kappa shape index (κ3) is 5.22. The van der Waals surface area contributed by atoms with Gasteiger partial charge in [-0.1, -0.05) is 31.4 Å². The molecule has 0 atom stereocenters. The van der Waals surface area contributed by atoms with Crippen molar-refractivity contribution in [1.82, 2.24) is 20.7 Å². The predicted octanol–water partition coefficient (Wildman–Crippen LogP) is 1.85. The second-order valence-electron chi connectivity index (χ2n) is 8.53. The molecule has 5 amide bonds. The van der Waals surface area contributed by atoms with E-state index in [4.69, 9.17) is 0 Å². The van der Waals surface area contributed by atoms with Gasteiger partial charge < -0.3 is 10.6 Å². The SMILES string of the molecule is Cc1cccc(NC(=O)CN(C)CCC(=O)NN2C(=O)NC3(CCCCC3)C2=O)c1C. The lowest BCUT2D eigenvalue weighted by molar-refractivity contribution is -0.140. The van der Waals surface area contributed by atoms with E-state index in [9.17, 15) is 19.2 Å². The van der Waals surface area contributed by atoms with Crippen LogP contribution in [-0.2, 0) is 14.4 Å². The summed E-state index contributed by atoms with van der Waals surface area (Å²) >= 11 is 0. The number of likely N-dealkylation sites (N-methyl/N-ethyl adjacent to an activating group) is 1. The molecule has 1 saturated heterocycles. The maximum absolute atomic E-state index is 12.7. The molecule has 31 heavy (non-hydrogen) atoms. The predicted molar refractivity (Wildman–Crippen MR) is 116 cm³/mol. The number of hydrazine groups is 1. The Kier molecular flexibility index (Phi) is 6.94. The van der Waals surface area contributed by atoms with Crippen molar-refractivity contribution in [2.45, 2.75) is 57.9 Å². The Hall–Kier alpha value is -2.94. The van der Waals surface area contributed by atoms with Gasteiger partial charge in [0, 0.05) is 18.7 Å². The maximum Gasteiger partial charge on any atom is 0.344 e. The quantitative estimate of drug-likeness (QED) is 0.573. The lowest BCUT2D eigenvalue weighted by Crippen LogP contribution is -2.51. The van der Waals surface area contributed by atoms with E-state index in [1.54, 1.807) is 11.9 Å². The molecule has 1 aliphatic carbocycles. The van der Waals surface area contributed by atoms with Crippen LogP contribution >= 0.6 is 0 Å². The summed E-state index contributed by atoms with van der Waals surface area (Å²) in [6, 6.07) is 5.14. The Morgan fingerprint density at radius 1 is 1.13 bits per heavy atom.